The number of likely N-dealkylation sites (N-methyl/N-ethyl adjacent to an activating group) is 1. The largest absolute Gasteiger partial charge is 0.481 e. The SMILES string of the molecule is CCC(N)C(=O)C(CC[C@H](NC)C(=O)NCC(=O)N[C@@H](CC(=O)O)C(=O)NCc1cccc(C(=O)O)c1)N=C(N)N.CS(=O)(=O)O. The molecule has 0 radical (unpaired) electrons. The smallest absolute Gasteiger partial charge is 0.335 e. The number of aromatic carboxylic acids is 1. The van der Waals surface area contributed by atoms with Gasteiger partial charge in [0.25, 0.3) is 10.1 Å². The first-order valence-corrected chi connectivity index (χ1v) is 15.5. The summed E-state index contributed by atoms with van der Waals surface area (Å²) in [5.41, 5.74) is 17.1. The Morgan fingerprint density at radius 3 is 2.07 bits per heavy atom. The number of carboxylic acids is 2. The minimum Gasteiger partial charge on any atom is -0.481 e. The van der Waals surface area contributed by atoms with Crippen LogP contribution in [0.4, 0.5) is 0 Å². The molecule has 0 aliphatic rings. The second-order valence-electron chi connectivity index (χ2n) is 9.80. The molecule has 0 saturated carbocycles. The molecule has 0 aliphatic heterocycles. The van der Waals surface area contributed by atoms with Gasteiger partial charge in [-0.05, 0) is 44.0 Å². The molecule has 46 heavy (non-hydrogen) atoms. The molecule has 13 N–H and O–H groups in total. The number of hydrogen-bond acceptors (Lipinski definition) is 11. The average molecular weight is 675 g/mol. The predicted molar refractivity (Wildman–Crippen MR) is 165 cm³/mol. The Kier molecular flexibility index (Phi) is 18.3. The molecule has 0 aromatic heterocycles. The Balaban J connectivity index is 0.00000373. The molecule has 0 aliphatic carbocycles. The molecule has 258 valence electrons. The molecule has 19 nitrogen and oxygen atoms in total. The summed E-state index contributed by atoms with van der Waals surface area (Å²) in [5.74, 6) is -5.44. The number of hydrogen-bond donors (Lipinski definition) is 10. The molecule has 2 unspecified atom stereocenters. The molecule has 3 amide bonds. The molecule has 1 aromatic carbocycles. The Bertz CT molecular complexity index is 1360. The molecule has 1 rings (SSSR count). The van der Waals surface area contributed by atoms with Gasteiger partial charge in [0.1, 0.15) is 12.1 Å². The maximum absolute atomic E-state index is 12.6. The van der Waals surface area contributed by atoms with Crippen LogP contribution in [0, 0.1) is 0 Å². The highest BCUT2D eigenvalue weighted by Gasteiger charge is 2.27. The van der Waals surface area contributed by atoms with Crippen LogP contribution >= 0.6 is 0 Å². The van der Waals surface area contributed by atoms with Gasteiger partial charge in [-0.3, -0.25) is 28.5 Å². The topological polar surface area (TPSA) is 336 Å². The maximum atomic E-state index is 12.6. The van der Waals surface area contributed by atoms with Gasteiger partial charge in [0.15, 0.2) is 11.7 Å². The van der Waals surface area contributed by atoms with E-state index >= 15 is 0 Å². The van der Waals surface area contributed by atoms with E-state index in [-0.39, 0.29) is 36.7 Å². The van der Waals surface area contributed by atoms with E-state index < -0.39 is 76.9 Å². The Labute approximate surface area is 265 Å². The van der Waals surface area contributed by atoms with Crippen LogP contribution in [0.1, 0.15) is 48.5 Å². The van der Waals surface area contributed by atoms with Gasteiger partial charge < -0.3 is 48.7 Å². The third-order valence-electron chi connectivity index (χ3n) is 5.93. The van der Waals surface area contributed by atoms with Crippen molar-refractivity contribution in [2.75, 3.05) is 19.8 Å². The number of benzene rings is 1. The van der Waals surface area contributed by atoms with E-state index in [1.165, 1.54) is 25.2 Å². The average Bonchev–Trinajstić information content (AvgIpc) is 2.96. The van der Waals surface area contributed by atoms with Gasteiger partial charge in [0.05, 0.1) is 36.9 Å². The summed E-state index contributed by atoms with van der Waals surface area (Å²) in [4.78, 5) is 76.4. The number of carbonyl (C=O) groups is 6. The zero-order valence-corrected chi connectivity index (χ0v) is 26.4. The molecule has 0 bridgehead atoms. The minimum absolute atomic E-state index is 0.00523. The lowest BCUT2D eigenvalue weighted by molar-refractivity contribution is -0.140. The Hall–Kier alpha value is -4.66. The van der Waals surface area contributed by atoms with Crippen LogP contribution in [0.2, 0.25) is 0 Å². The summed E-state index contributed by atoms with van der Waals surface area (Å²) in [6.07, 6.45) is 0.554. The molecular weight excluding hydrogens is 632 g/mol. The van der Waals surface area contributed by atoms with Crippen molar-refractivity contribution in [2.24, 2.45) is 22.2 Å². The second-order valence-corrected chi connectivity index (χ2v) is 11.3. The van der Waals surface area contributed by atoms with E-state index in [9.17, 15) is 37.2 Å². The number of nitrogens with two attached hydrogens (primary N) is 3. The van der Waals surface area contributed by atoms with Crippen LogP contribution in [0.15, 0.2) is 29.3 Å². The molecule has 0 spiro atoms. The van der Waals surface area contributed by atoms with E-state index in [0.717, 1.165) is 0 Å². The van der Waals surface area contributed by atoms with Gasteiger partial charge in [-0.2, -0.15) is 8.42 Å². The van der Waals surface area contributed by atoms with Crippen LogP contribution in [0.25, 0.3) is 0 Å². The van der Waals surface area contributed by atoms with E-state index in [0.29, 0.717) is 18.2 Å². The van der Waals surface area contributed by atoms with E-state index in [1.54, 1.807) is 13.0 Å². The summed E-state index contributed by atoms with van der Waals surface area (Å²) in [7, 11) is -2.17. The highest BCUT2D eigenvalue weighted by Crippen LogP contribution is 2.10. The first-order chi connectivity index (χ1) is 21.3. The molecule has 20 heteroatoms. The van der Waals surface area contributed by atoms with Crippen molar-refractivity contribution in [1.82, 2.24) is 21.3 Å². The van der Waals surface area contributed by atoms with Crippen LogP contribution in [-0.2, 0) is 40.6 Å². The highest BCUT2D eigenvalue weighted by molar-refractivity contribution is 7.85. The summed E-state index contributed by atoms with van der Waals surface area (Å²) >= 11 is 0. The number of aliphatic carboxylic acids is 1. The van der Waals surface area contributed by atoms with E-state index in [4.69, 9.17) is 32.0 Å². The van der Waals surface area contributed by atoms with Crippen LogP contribution in [0.5, 0.6) is 0 Å². The summed E-state index contributed by atoms with van der Waals surface area (Å²) in [6, 6.07) is 1.73. The van der Waals surface area contributed by atoms with Crippen molar-refractivity contribution in [3.05, 3.63) is 35.4 Å². The fourth-order valence-electron chi connectivity index (χ4n) is 3.68. The fraction of sp³-hybridized carbons (Fsp3) is 0.500. The summed E-state index contributed by atoms with van der Waals surface area (Å²) < 4.78 is 25.9. The fourth-order valence-corrected chi connectivity index (χ4v) is 3.68. The number of guanidine groups is 1. The number of Topliss-reactive ketones (excluding diaryl/α,β-unsaturated/α-hetero) is 1. The van der Waals surface area contributed by atoms with Crippen LogP contribution < -0.4 is 38.5 Å². The number of aliphatic imine (C=N–C) groups is 1. The van der Waals surface area contributed by atoms with Gasteiger partial charge in [0.2, 0.25) is 17.7 Å². The van der Waals surface area contributed by atoms with Gasteiger partial charge in [-0.25, -0.2) is 9.79 Å². The Morgan fingerprint density at radius 2 is 1.57 bits per heavy atom. The number of rotatable bonds is 18. The quantitative estimate of drug-likeness (QED) is 0.0419. The lowest BCUT2D eigenvalue weighted by Crippen LogP contribution is -2.52. The van der Waals surface area contributed by atoms with Gasteiger partial charge in [-0.15, -0.1) is 0 Å². The van der Waals surface area contributed by atoms with Crippen molar-refractivity contribution in [2.45, 2.75) is 63.3 Å². The molecule has 0 fully saturated rings. The number of ketones is 1. The number of nitrogens with one attached hydrogen (secondary N) is 4. The molecule has 1 aromatic rings. The zero-order chi connectivity index (χ0) is 35.6. The Morgan fingerprint density at radius 1 is 0.978 bits per heavy atom. The molecule has 0 saturated heterocycles. The van der Waals surface area contributed by atoms with Crippen molar-refractivity contribution >= 4 is 51.5 Å². The minimum atomic E-state index is -3.67. The third-order valence-corrected chi connectivity index (χ3v) is 5.93. The van der Waals surface area contributed by atoms with Crippen molar-refractivity contribution in [3.8, 4) is 0 Å². The number of carbonyl (C=O) groups excluding carboxylic acids is 4. The standard InChI is InChI=1S/C25H38N8O8.CH4O3S/c1-3-15(26)21(37)16(33-25(27)28)7-8-17(29-2)22(38)31-12-19(34)32-18(10-20(35)36)23(39)30-11-13-5-4-6-14(9-13)24(40)41;1-5(2,3)4/h4-6,9,15-18,29H,3,7-8,10-12,26H2,1-2H3,(H,30,39)(H,31,38)(H,32,34)(H,35,36)(H,40,41)(H4,27,28,33);1H3,(H,2,3,4)/t15?,16?,17-,18-;/m0./s1. The predicted octanol–water partition coefficient (Wildman–Crippen LogP) is -3.10. The number of amides is 3. The van der Waals surface area contributed by atoms with E-state index in [2.05, 4.69) is 26.3 Å². The molecule has 0 heterocycles. The third kappa shape index (κ3) is 18.2. The van der Waals surface area contributed by atoms with Gasteiger partial charge in [0, 0.05) is 6.54 Å². The van der Waals surface area contributed by atoms with Crippen molar-refractivity contribution in [1.29, 1.82) is 0 Å². The number of carboxylic acid groups (broad SMARTS) is 2. The lowest BCUT2D eigenvalue weighted by atomic mass is 9.97. The highest BCUT2D eigenvalue weighted by atomic mass is 32.2. The molecule has 4 atom stereocenters. The first kappa shape index (κ1) is 41.3. The zero-order valence-electron chi connectivity index (χ0n) is 25.6. The monoisotopic (exact) mass is 674 g/mol. The van der Waals surface area contributed by atoms with Gasteiger partial charge in [-0.1, -0.05) is 19.1 Å². The number of nitrogens with zero attached hydrogens (tertiary/aromatic N) is 1. The maximum Gasteiger partial charge on any atom is 0.335 e. The van der Waals surface area contributed by atoms with Crippen molar-refractivity contribution < 1.29 is 52.0 Å². The lowest BCUT2D eigenvalue weighted by Gasteiger charge is -2.20. The summed E-state index contributed by atoms with van der Waals surface area (Å²) in [6.45, 7) is 1.05. The summed E-state index contributed by atoms with van der Waals surface area (Å²) in [5, 5.41) is 28.1. The van der Waals surface area contributed by atoms with Gasteiger partial charge >= 0.3 is 11.9 Å². The normalized spacial score (nSPS) is 13.3. The molecular formula is C26H42N8O11S. The van der Waals surface area contributed by atoms with E-state index in [1.807, 2.05) is 0 Å². The second kappa shape index (κ2) is 20.4. The van der Waals surface area contributed by atoms with Crippen LogP contribution in [-0.4, -0.2) is 109 Å². The van der Waals surface area contributed by atoms with Crippen molar-refractivity contribution in [3.63, 3.8) is 0 Å². The first-order valence-electron chi connectivity index (χ1n) is 13.6. The van der Waals surface area contributed by atoms with Crippen LogP contribution in [0.3, 0.4) is 0 Å².